The van der Waals surface area contributed by atoms with Crippen molar-refractivity contribution in [3.8, 4) is 5.75 Å². The summed E-state index contributed by atoms with van der Waals surface area (Å²) in [5.74, 6) is -1.48. The van der Waals surface area contributed by atoms with Gasteiger partial charge in [-0.25, -0.2) is 9.78 Å². The summed E-state index contributed by atoms with van der Waals surface area (Å²) in [5, 5.41) is 8.48. The Kier molecular flexibility index (Phi) is 2.79. The SMILES string of the molecule is C[C@H](Oc1ccc(F)nc1)C(=O)O. The van der Waals surface area contributed by atoms with Crippen LogP contribution < -0.4 is 4.74 Å². The van der Waals surface area contributed by atoms with Gasteiger partial charge in [0.25, 0.3) is 0 Å². The smallest absolute Gasteiger partial charge is 0.344 e. The number of rotatable bonds is 3. The highest BCUT2D eigenvalue weighted by Gasteiger charge is 2.12. The van der Waals surface area contributed by atoms with E-state index in [1.807, 2.05) is 0 Å². The molecule has 1 atom stereocenters. The molecule has 1 aromatic rings. The summed E-state index contributed by atoms with van der Waals surface area (Å²) in [6.07, 6.45) is 0.168. The summed E-state index contributed by atoms with van der Waals surface area (Å²) in [6, 6.07) is 2.42. The largest absolute Gasteiger partial charge is 0.479 e. The molecule has 0 aromatic carbocycles. The molecule has 0 saturated carbocycles. The third-order valence-electron chi connectivity index (χ3n) is 1.36. The van der Waals surface area contributed by atoms with Crippen molar-refractivity contribution in [3.05, 3.63) is 24.3 Å². The van der Waals surface area contributed by atoms with Gasteiger partial charge in [-0.3, -0.25) is 0 Å². The van der Waals surface area contributed by atoms with Gasteiger partial charge in [-0.15, -0.1) is 0 Å². The van der Waals surface area contributed by atoms with Crippen LogP contribution in [0.15, 0.2) is 18.3 Å². The van der Waals surface area contributed by atoms with Crippen LogP contribution in [0.4, 0.5) is 4.39 Å². The quantitative estimate of drug-likeness (QED) is 0.715. The molecule has 70 valence electrons. The van der Waals surface area contributed by atoms with Gasteiger partial charge in [0.15, 0.2) is 6.10 Å². The third-order valence-corrected chi connectivity index (χ3v) is 1.36. The molecule has 0 bridgehead atoms. The molecule has 0 radical (unpaired) electrons. The summed E-state index contributed by atoms with van der Waals surface area (Å²) in [6.45, 7) is 1.38. The van der Waals surface area contributed by atoms with E-state index in [0.717, 1.165) is 12.3 Å². The van der Waals surface area contributed by atoms with Gasteiger partial charge in [0, 0.05) is 0 Å². The van der Waals surface area contributed by atoms with Gasteiger partial charge >= 0.3 is 5.97 Å². The zero-order valence-corrected chi connectivity index (χ0v) is 6.90. The fourth-order valence-corrected chi connectivity index (χ4v) is 0.686. The van der Waals surface area contributed by atoms with E-state index in [9.17, 15) is 9.18 Å². The van der Waals surface area contributed by atoms with Crippen molar-refractivity contribution in [2.45, 2.75) is 13.0 Å². The molecule has 0 aliphatic heterocycles. The molecule has 0 amide bonds. The maximum absolute atomic E-state index is 12.3. The van der Waals surface area contributed by atoms with Crippen LogP contribution in [-0.4, -0.2) is 22.2 Å². The number of carboxylic acids is 1. The topological polar surface area (TPSA) is 59.4 Å². The Morgan fingerprint density at radius 1 is 1.69 bits per heavy atom. The lowest BCUT2D eigenvalue weighted by Gasteiger charge is -2.08. The van der Waals surface area contributed by atoms with Crippen LogP contribution in [0.1, 0.15) is 6.92 Å². The van der Waals surface area contributed by atoms with Gasteiger partial charge in [0.05, 0.1) is 6.20 Å². The van der Waals surface area contributed by atoms with Crippen LogP contribution in [-0.2, 0) is 4.79 Å². The first-order valence-corrected chi connectivity index (χ1v) is 3.60. The summed E-state index contributed by atoms with van der Waals surface area (Å²) in [7, 11) is 0. The highest BCUT2D eigenvalue weighted by Crippen LogP contribution is 2.10. The van der Waals surface area contributed by atoms with E-state index >= 15 is 0 Å². The molecule has 4 nitrogen and oxygen atoms in total. The third kappa shape index (κ3) is 2.70. The molecule has 0 unspecified atom stereocenters. The van der Waals surface area contributed by atoms with Crippen LogP contribution in [0, 0.1) is 5.95 Å². The first-order chi connectivity index (χ1) is 6.09. The lowest BCUT2D eigenvalue weighted by molar-refractivity contribution is -0.144. The Morgan fingerprint density at radius 2 is 2.38 bits per heavy atom. The van der Waals surface area contributed by atoms with E-state index in [2.05, 4.69) is 4.98 Å². The maximum atomic E-state index is 12.3. The number of aromatic nitrogens is 1. The van der Waals surface area contributed by atoms with Crippen molar-refractivity contribution in [2.75, 3.05) is 0 Å². The number of hydrogen-bond acceptors (Lipinski definition) is 3. The number of ether oxygens (including phenoxy) is 1. The second-order valence-electron chi connectivity index (χ2n) is 2.41. The lowest BCUT2D eigenvalue weighted by Crippen LogP contribution is -2.22. The van der Waals surface area contributed by atoms with Gasteiger partial charge in [-0.05, 0) is 19.1 Å². The van der Waals surface area contributed by atoms with Crippen molar-refractivity contribution in [1.29, 1.82) is 0 Å². The van der Waals surface area contributed by atoms with Gasteiger partial charge in [0.1, 0.15) is 5.75 Å². The van der Waals surface area contributed by atoms with Crippen molar-refractivity contribution >= 4 is 5.97 Å². The Morgan fingerprint density at radius 3 is 2.85 bits per heavy atom. The normalized spacial score (nSPS) is 12.2. The number of carbonyl (C=O) groups is 1. The number of hydrogen-bond donors (Lipinski definition) is 1. The fourth-order valence-electron chi connectivity index (χ4n) is 0.686. The Hall–Kier alpha value is -1.65. The van der Waals surface area contributed by atoms with Gasteiger partial charge in [-0.2, -0.15) is 4.39 Å². The second kappa shape index (κ2) is 3.84. The number of pyridine rings is 1. The van der Waals surface area contributed by atoms with E-state index in [-0.39, 0.29) is 5.75 Å². The van der Waals surface area contributed by atoms with Crippen molar-refractivity contribution in [3.63, 3.8) is 0 Å². The molecule has 0 fully saturated rings. The molecule has 0 spiro atoms. The zero-order chi connectivity index (χ0) is 9.84. The maximum Gasteiger partial charge on any atom is 0.344 e. The number of carboxylic acid groups (broad SMARTS) is 1. The Bertz CT molecular complexity index is 299. The number of halogens is 1. The average molecular weight is 185 g/mol. The van der Waals surface area contributed by atoms with Gasteiger partial charge in [-0.1, -0.05) is 0 Å². The molecule has 0 aliphatic rings. The van der Waals surface area contributed by atoms with E-state index in [0.29, 0.717) is 0 Å². The van der Waals surface area contributed by atoms with Crippen molar-refractivity contribution in [2.24, 2.45) is 0 Å². The molecule has 13 heavy (non-hydrogen) atoms. The first-order valence-electron chi connectivity index (χ1n) is 3.60. The van der Waals surface area contributed by atoms with Crippen molar-refractivity contribution in [1.82, 2.24) is 4.98 Å². The minimum atomic E-state index is -1.08. The Balaban J connectivity index is 2.64. The minimum Gasteiger partial charge on any atom is -0.479 e. The molecule has 1 N–H and O–H groups in total. The highest BCUT2D eigenvalue weighted by atomic mass is 19.1. The first kappa shape index (κ1) is 9.44. The predicted molar refractivity (Wildman–Crippen MR) is 41.9 cm³/mol. The molecule has 5 heteroatoms. The van der Waals surface area contributed by atoms with Crippen LogP contribution in [0.5, 0.6) is 5.75 Å². The molecular formula is C8H8FNO3. The van der Waals surface area contributed by atoms with Crippen LogP contribution in [0.25, 0.3) is 0 Å². The molecule has 1 rings (SSSR count). The summed E-state index contributed by atoms with van der Waals surface area (Å²) >= 11 is 0. The summed E-state index contributed by atoms with van der Waals surface area (Å²) in [5.41, 5.74) is 0. The summed E-state index contributed by atoms with van der Waals surface area (Å²) < 4.78 is 17.2. The van der Waals surface area contributed by atoms with E-state index < -0.39 is 18.0 Å². The van der Waals surface area contributed by atoms with Crippen LogP contribution in [0.3, 0.4) is 0 Å². The predicted octanol–water partition coefficient (Wildman–Crippen LogP) is 1.07. The molecule has 1 heterocycles. The van der Waals surface area contributed by atoms with E-state index in [4.69, 9.17) is 9.84 Å². The molecular weight excluding hydrogens is 177 g/mol. The fraction of sp³-hybridized carbons (Fsp3) is 0.250. The van der Waals surface area contributed by atoms with Crippen LogP contribution in [0.2, 0.25) is 0 Å². The second-order valence-corrected chi connectivity index (χ2v) is 2.41. The molecule has 1 aromatic heterocycles. The number of nitrogens with zero attached hydrogens (tertiary/aromatic N) is 1. The number of aliphatic carboxylic acids is 1. The lowest BCUT2D eigenvalue weighted by atomic mass is 10.4. The van der Waals surface area contributed by atoms with Gasteiger partial charge in [0.2, 0.25) is 5.95 Å². The summed E-state index contributed by atoms with van der Waals surface area (Å²) in [4.78, 5) is 13.7. The molecule has 0 saturated heterocycles. The Labute approximate surface area is 74.0 Å². The minimum absolute atomic E-state index is 0.233. The molecule has 0 aliphatic carbocycles. The standard InChI is InChI=1S/C8H8FNO3/c1-5(8(11)12)13-6-2-3-7(9)10-4-6/h2-5H,1H3,(H,11,12)/t5-/m0/s1. The average Bonchev–Trinajstić information content (AvgIpc) is 2.08. The monoisotopic (exact) mass is 185 g/mol. The van der Waals surface area contributed by atoms with Gasteiger partial charge < -0.3 is 9.84 Å². The highest BCUT2D eigenvalue weighted by molar-refractivity contribution is 5.72. The van der Waals surface area contributed by atoms with E-state index in [1.165, 1.54) is 13.0 Å². The van der Waals surface area contributed by atoms with Crippen LogP contribution >= 0.6 is 0 Å². The van der Waals surface area contributed by atoms with E-state index in [1.54, 1.807) is 0 Å². The van der Waals surface area contributed by atoms with Crippen molar-refractivity contribution < 1.29 is 19.0 Å². The zero-order valence-electron chi connectivity index (χ0n) is 6.90.